The molecule has 1 saturated heterocycles. The maximum absolute atomic E-state index is 6.76. The molecule has 2 saturated carbocycles. The fourth-order valence-electron chi connectivity index (χ4n) is 6.29. The Morgan fingerprint density at radius 1 is 1.00 bits per heavy atom. The number of ether oxygens (including phenoxy) is 2. The second-order valence-electron chi connectivity index (χ2n) is 10.9. The van der Waals surface area contributed by atoms with Crippen molar-refractivity contribution >= 4 is 44.7 Å². The number of aromatic nitrogens is 3. The predicted molar refractivity (Wildman–Crippen MR) is 154 cm³/mol. The predicted octanol–water partition coefficient (Wildman–Crippen LogP) is 7.00. The van der Waals surface area contributed by atoms with E-state index < -0.39 is 5.79 Å². The topological polar surface area (TPSA) is 81.2 Å². The van der Waals surface area contributed by atoms with Gasteiger partial charge in [0.15, 0.2) is 5.79 Å². The molecule has 2 aliphatic carbocycles. The molecule has 2 N–H and O–H groups in total. The highest BCUT2D eigenvalue weighted by atomic mass is 32.1. The van der Waals surface area contributed by atoms with Crippen LogP contribution in [0.1, 0.15) is 56.0 Å². The number of fused-ring (bicyclic) bond motifs is 2. The van der Waals surface area contributed by atoms with Gasteiger partial charge in [0, 0.05) is 17.7 Å². The van der Waals surface area contributed by atoms with E-state index in [1.165, 1.54) is 24.1 Å². The maximum Gasteiger partial charge on any atom is 0.225 e. The molecule has 3 aromatic heterocycles. The zero-order valence-corrected chi connectivity index (χ0v) is 23.4. The molecule has 4 atom stereocenters. The SMILES string of the molecule is Cc1nc(NCc2cccs2)nc(N[C@@H]2C[C@H](C)[C@H]3OC4(CCCCC4)O[C@H]32)c1-c1nc2ccccc2s1. The molecule has 0 radical (unpaired) electrons. The second kappa shape index (κ2) is 9.86. The molecule has 7 nitrogen and oxygen atoms in total. The third kappa shape index (κ3) is 4.49. The number of para-hydroxylation sites is 1. The van der Waals surface area contributed by atoms with Gasteiger partial charge < -0.3 is 20.1 Å². The summed E-state index contributed by atoms with van der Waals surface area (Å²) >= 11 is 3.41. The van der Waals surface area contributed by atoms with Crippen LogP contribution in [0.5, 0.6) is 0 Å². The number of thiazole rings is 1. The van der Waals surface area contributed by atoms with E-state index in [1.807, 2.05) is 6.07 Å². The van der Waals surface area contributed by atoms with E-state index in [9.17, 15) is 0 Å². The van der Waals surface area contributed by atoms with Crippen molar-refractivity contribution < 1.29 is 9.47 Å². The van der Waals surface area contributed by atoms with E-state index in [4.69, 9.17) is 24.4 Å². The van der Waals surface area contributed by atoms with Gasteiger partial charge in [0.2, 0.25) is 5.95 Å². The van der Waals surface area contributed by atoms with E-state index >= 15 is 0 Å². The molecule has 198 valence electrons. The minimum atomic E-state index is -0.396. The third-order valence-electron chi connectivity index (χ3n) is 8.14. The van der Waals surface area contributed by atoms with Gasteiger partial charge in [0.1, 0.15) is 16.9 Å². The van der Waals surface area contributed by atoms with E-state index in [0.717, 1.165) is 51.6 Å². The van der Waals surface area contributed by atoms with Crippen molar-refractivity contribution in [1.82, 2.24) is 15.0 Å². The Hall–Kier alpha value is -2.59. The van der Waals surface area contributed by atoms with Crippen molar-refractivity contribution in [1.29, 1.82) is 0 Å². The van der Waals surface area contributed by atoms with Gasteiger partial charge in [-0.3, -0.25) is 0 Å². The minimum Gasteiger partial charge on any atom is -0.364 e. The standard InChI is InChI=1S/C29H33N5O2S2/c1-17-15-21(25-24(17)35-29(36-25)12-6-3-7-13-29)32-26-23(27-33-20-10-4-5-11-22(20)38-27)18(2)31-28(34-26)30-16-19-9-8-14-37-19/h4-5,8-11,14,17,21,24-25H,3,6-7,12-13,15-16H2,1-2H3,(H2,30,31,32,34)/t17-,21+,24+,25-/m0/s1. The summed E-state index contributed by atoms with van der Waals surface area (Å²) in [7, 11) is 0. The summed E-state index contributed by atoms with van der Waals surface area (Å²) in [5, 5.41) is 10.3. The molecule has 7 rings (SSSR count). The molecule has 1 aliphatic heterocycles. The van der Waals surface area contributed by atoms with Crippen LogP contribution in [-0.4, -0.2) is 39.0 Å². The van der Waals surface area contributed by atoms with Gasteiger partial charge in [-0.1, -0.05) is 31.5 Å². The summed E-state index contributed by atoms with van der Waals surface area (Å²) in [6, 6.07) is 12.6. The summed E-state index contributed by atoms with van der Waals surface area (Å²) in [5.41, 5.74) is 2.87. The zero-order valence-electron chi connectivity index (χ0n) is 21.8. The van der Waals surface area contributed by atoms with Crippen LogP contribution >= 0.6 is 22.7 Å². The lowest BCUT2D eigenvalue weighted by atomic mass is 9.94. The first-order valence-corrected chi connectivity index (χ1v) is 15.4. The second-order valence-corrected chi connectivity index (χ2v) is 12.9. The number of nitrogens with one attached hydrogen (secondary N) is 2. The van der Waals surface area contributed by atoms with Crippen LogP contribution in [0.3, 0.4) is 0 Å². The van der Waals surface area contributed by atoms with E-state index in [-0.39, 0.29) is 18.2 Å². The highest BCUT2D eigenvalue weighted by Crippen LogP contribution is 2.48. The first-order valence-electron chi connectivity index (χ1n) is 13.7. The Bertz CT molecular complexity index is 1400. The number of anilines is 2. The van der Waals surface area contributed by atoms with Crippen LogP contribution in [0.25, 0.3) is 20.8 Å². The maximum atomic E-state index is 6.76. The van der Waals surface area contributed by atoms with Crippen LogP contribution in [0.4, 0.5) is 11.8 Å². The van der Waals surface area contributed by atoms with Crippen molar-refractivity contribution in [2.24, 2.45) is 5.92 Å². The summed E-state index contributed by atoms with van der Waals surface area (Å²) in [5.74, 6) is 1.46. The molecule has 1 aromatic carbocycles. The van der Waals surface area contributed by atoms with Crippen LogP contribution in [-0.2, 0) is 16.0 Å². The molecule has 4 heterocycles. The van der Waals surface area contributed by atoms with Gasteiger partial charge in [0.25, 0.3) is 0 Å². The molecular weight excluding hydrogens is 514 g/mol. The van der Waals surface area contributed by atoms with Gasteiger partial charge in [-0.05, 0) is 55.7 Å². The van der Waals surface area contributed by atoms with Crippen molar-refractivity contribution in [2.45, 2.75) is 83.0 Å². The summed E-state index contributed by atoms with van der Waals surface area (Å²) in [6.07, 6.45) is 6.75. The number of nitrogens with zero attached hydrogens (tertiary/aromatic N) is 3. The normalized spacial score (nSPS) is 26.2. The Kier molecular flexibility index (Phi) is 6.34. The Balaban J connectivity index is 1.23. The molecule has 0 unspecified atom stereocenters. The molecule has 4 aromatic rings. The van der Waals surface area contributed by atoms with Crippen molar-refractivity contribution in [3.05, 3.63) is 52.3 Å². The highest BCUT2D eigenvalue weighted by Gasteiger charge is 2.56. The summed E-state index contributed by atoms with van der Waals surface area (Å²) < 4.78 is 14.6. The van der Waals surface area contributed by atoms with Gasteiger partial charge >= 0.3 is 0 Å². The lowest BCUT2D eigenvalue weighted by Crippen LogP contribution is -2.38. The first-order chi connectivity index (χ1) is 18.6. The molecule has 3 fully saturated rings. The van der Waals surface area contributed by atoms with Crippen LogP contribution < -0.4 is 10.6 Å². The van der Waals surface area contributed by atoms with E-state index in [0.29, 0.717) is 18.4 Å². The van der Waals surface area contributed by atoms with Gasteiger partial charge in [-0.15, -0.1) is 22.7 Å². The number of thiophene rings is 1. The van der Waals surface area contributed by atoms with E-state index in [1.54, 1.807) is 22.7 Å². The van der Waals surface area contributed by atoms with E-state index in [2.05, 4.69) is 60.2 Å². The molecule has 3 aliphatic rings. The quantitative estimate of drug-likeness (QED) is 0.269. The molecule has 1 spiro atoms. The van der Waals surface area contributed by atoms with Crippen LogP contribution in [0.2, 0.25) is 0 Å². The smallest absolute Gasteiger partial charge is 0.225 e. The van der Waals surface area contributed by atoms with Crippen molar-refractivity contribution in [3.63, 3.8) is 0 Å². The van der Waals surface area contributed by atoms with Crippen molar-refractivity contribution in [3.8, 4) is 10.6 Å². The Morgan fingerprint density at radius 3 is 2.66 bits per heavy atom. The van der Waals surface area contributed by atoms with Crippen LogP contribution in [0.15, 0.2) is 41.8 Å². The lowest BCUT2D eigenvalue weighted by molar-refractivity contribution is -0.202. The first kappa shape index (κ1) is 24.5. The number of hydrogen-bond donors (Lipinski definition) is 2. The summed E-state index contributed by atoms with van der Waals surface area (Å²) in [6.45, 7) is 5.04. The average Bonchev–Trinajstić information content (AvgIpc) is 3.69. The fourth-order valence-corrected chi connectivity index (χ4v) is 8.00. The fraction of sp³-hybridized carbons (Fsp3) is 0.483. The number of hydrogen-bond acceptors (Lipinski definition) is 9. The molecule has 0 bridgehead atoms. The Labute approximate surface area is 231 Å². The molecular formula is C29H33N5O2S2. The monoisotopic (exact) mass is 547 g/mol. The number of rotatable bonds is 6. The lowest BCUT2D eigenvalue weighted by Gasteiger charge is -2.34. The van der Waals surface area contributed by atoms with Crippen molar-refractivity contribution in [2.75, 3.05) is 10.6 Å². The third-order valence-corrected chi connectivity index (χ3v) is 10.1. The largest absolute Gasteiger partial charge is 0.364 e. The highest BCUT2D eigenvalue weighted by molar-refractivity contribution is 7.21. The molecule has 0 amide bonds. The average molecular weight is 548 g/mol. The van der Waals surface area contributed by atoms with Gasteiger partial charge in [-0.25, -0.2) is 9.97 Å². The van der Waals surface area contributed by atoms with Gasteiger partial charge in [-0.2, -0.15) is 4.98 Å². The number of aryl methyl sites for hydroxylation is 1. The van der Waals surface area contributed by atoms with Gasteiger partial charge in [0.05, 0.1) is 40.2 Å². The van der Waals surface area contributed by atoms with Crippen LogP contribution in [0, 0.1) is 12.8 Å². The zero-order chi connectivity index (χ0) is 25.7. The minimum absolute atomic E-state index is 0.0177. The summed E-state index contributed by atoms with van der Waals surface area (Å²) in [4.78, 5) is 16.1. The molecule has 9 heteroatoms. The Morgan fingerprint density at radius 2 is 1.84 bits per heavy atom. The number of benzene rings is 1. The molecule has 38 heavy (non-hydrogen) atoms.